The smallest absolute Gasteiger partial charge is 0.373 e. The third-order valence-corrected chi connectivity index (χ3v) is 4.31. The first-order valence-corrected chi connectivity index (χ1v) is 6.81. The monoisotopic (exact) mass is 291 g/mol. The second kappa shape index (κ2) is 4.52. The molecule has 2 aromatic rings. The number of benzene rings is 2. The lowest BCUT2D eigenvalue weighted by Gasteiger charge is -2.26. The Labute approximate surface area is 122 Å². The molecule has 0 amide bonds. The summed E-state index contributed by atoms with van der Waals surface area (Å²) in [5, 5.41) is 0. The van der Waals surface area contributed by atoms with Gasteiger partial charge in [0.1, 0.15) is 0 Å². The summed E-state index contributed by atoms with van der Waals surface area (Å²) in [5.41, 5.74) is 2.32. The Morgan fingerprint density at radius 3 is 2.24 bits per heavy atom. The summed E-state index contributed by atoms with van der Waals surface area (Å²) in [4.78, 5) is 2.15. The van der Waals surface area contributed by atoms with Crippen LogP contribution in [-0.2, 0) is 11.6 Å². The maximum absolute atomic E-state index is 12.7. The molecule has 4 heteroatoms. The van der Waals surface area contributed by atoms with E-state index in [1.54, 1.807) is 12.1 Å². The number of alkyl halides is 3. The standard InChI is InChI=1S/C17H16F3N/c1-16(11-21(2)15-6-4-3-5-14(15)16)12-7-9-13(10-8-12)17(18,19)20/h3-10H,11H2,1-2H3/t16-/m1/s1. The molecule has 1 aliphatic heterocycles. The van der Waals surface area contributed by atoms with Crippen molar-refractivity contribution in [2.75, 3.05) is 18.5 Å². The molecule has 1 aliphatic rings. The summed E-state index contributed by atoms with van der Waals surface area (Å²) in [5.74, 6) is 0. The summed E-state index contributed by atoms with van der Waals surface area (Å²) >= 11 is 0. The number of para-hydroxylation sites is 1. The molecule has 0 unspecified atom stereocenters. The van der Waals surface area contributed by atoms with E-state index in [9.17, 15) is 13.2 Å². The van der Waals surface area contributed by atoms with Crippen molar-refractivity contribution in [3.05, 3.63) is 65.2 Å². The van der Waals surface area contributed by atoms with Gasteiger partial charge in [0, 0.05) is 24.7 Å². The second-order valence-electron chi connectivity index (χ2n) is 5.78. The van der Waals surface area contributed by atoms with Crippen molar-refractivity contribution < 1.29 is 13.2 Å². The maximum atomic E-state index is 12.7. The van der Waals surface area contributed by atoms with E-state index in [2.05, 4.69) is 17.9 Å². The number of hydrogen-bond acceptors (Lipinski definition) is 1. The zero-order chi connectivity index (χ0) is 15.3. The van der Waals surface area contributed by atoms with Crippen LogP contribution in [0.3, 0.4) is 0 Å². The number of halogens is 3. The molecule has 3 rings (SSSR count). The summed E-state index contributed by atoms with van der Waals surface area (Å²) in [6.07, 6.45) is -4.29. The maximum Gasteiger partial charge on any atom is 0.416 e. The van der Waals surface area contributed by atoms with E-state index in [-0.39, 0.29) is 5.41 Å². The van der Waals surface area contributed by atoms with Gasteiger partial charge in [-0.3, -0.25) is 0 Å². The predicted molar refractivity (Wildman–Crippen MR) is 77.6 cm³/mol. The van der Waals surface area contributed by atoms with Crippen molar-refractivity contribution in [2.45, 2.75) is 18.5 Å². The van der Waals surface area contributed by atoms with Gasteiger partial charge in [0.05, 0.1) is 5.56 Å². The van der Waals surface area contributed by atoms with Gasteiger partial charge in [-0.05, 0) is 36.2 Å². The Balaban J connectivity index is 2.05. The Kier molecular flexibility index (Phi) is 3.01. The fraction of sp³-hybridized carbons (Fsp3) is 0.294. The predicted octanol–water partition coefficient (Wildman–Crippen LogP) is 4.46. The van der Waals surface area contributed by atoms with Gasteiger partial charge in [0.15, 0.2) is 0 Å². The normalized spacial score (nSPS) is 21.5. The molecule has 21 heavy (non-hydrogen) atoms. The highest BCUT2D eigenvalue weighted by Gasteiger charge is 2.39. The van der Waals surface area contributed by atoms with E-state index in [0.717, 1.165) is 23.4 Å². The largest absolute Gasteiger partial charge is 0.416 e. The molecule has 1 nitrogen and oxygen atoms in total. The number of anilines is 1. The van der Waals surface area contributed by atoms with Gasteiger partial charge in [-0.25, -0.2) is 0 Å². The van der Waals surface area contributed by atoms with Gasteiger partial charge >= 0.3 is 6.18 Å². The number of rotatable bonds is 1. The third-order valence-electron chi connectivity index (χ3n) is 4.31. The molecule has 0 fully saturated rings. The number of hydrogen-bond donors (Lipinski definition) is 0. The van der Waals surface area contributed by atoms with Crippen LogP contribution in [0.15, 0.2) is 48.5 Å². The van der Waals surface area contributed by atoms with Crippen LogP contribution < -0.4 is 4.90 Å². The van der Waals surface area contributed by atoms with Gasteiger partial charge in [0.2, 0.25) is 0 Å². The van der Waals surface area contributed by atoms with Crippen molar-refractivity contribution in [3.8, 4) is 0 Å². The third kappa shape index (κ3) is 2.19. The molecular formula is C17H16F3N. The quantitative estimate of drug-likeness (QED) is 0.749. The molecule has 0 N–H and O–H groups in total. The summed E-state index contributed by atoms with van der Waals surface area (Å²) in [6.45, 7) is 2.84. The van der Waals surface area contributed by atoms with Crippen LogP contribution in [0, 0.1) is 0 Å². The van der Waals surface area contributed by atoms with Gasteiger partial charge in [-0.2, -0.15) is 13.2 Å². The van der Waals surface area contributed by atoms with Crippen LogP contribution in [-0.4, -0.2) is 13.6 Å². The average Bonchev–Trinajstić information content (AvgIpc) is 2.72. The van der Waals surface area contributed by atoms with Crippen LogP contribution in [0.5, 0.6) is 0 Å². The highest BCUT2D eigenvalue weighted by molar-refractivity contribution is 5.65. The molecule has 0 saturated heterocycles. The van der Waals surface area contributed by atoms with Crippen LogP contribution in [0.4, 0.5) is 18.9 Å². The zero-order valence-corrected chi connectivity index (χ0v) is 11.9. The minimum Gasteiger partial charge on any atom is -0.373 e. The molecule has 0 aromatic heterocycles. The molecule has 110 valence electrons. The zero-order valence-electron chi connectivity index (χ0n) is 11.9. The SMILES string of the molecule is CN1C[C@](C)(c2ccc(C(F)(F)F)cc2)c2ccccc21. The molecule has 1 atom stereocenters. The molecule has 0 radical (unpaired) electrons. The van der Waals surface area contributed by atoms with E-state index in [4.69, 9.17) is 0 Å². The molecule has 1 heterocycles. The topological polar surface area (TPSA) is 3.24 Å². The van der Waals surface area contributed by atoms with Gasteiger partial charge in [-0.1, -0.05) is 30.3 Å². The fourth-order valence-corrected chi connectivity index (χ4v) is 3.19. The summed E-state index contributed by atoms with van der Waals surface area (Å²) in [6, 6.07) is 13.6. The van der Waals surface area contributed by atoms with Gasteiger partial charge < -0.3 is 4.90 Å². The molecule has 2 aromatic carbocycles. The van der Waals surface area contributed by atoms with E-state index in [1.807, 2.05) is 25.2 Å². The van der Waals surface area contributed by atoms with Gasteiger partial charge in [0.25, 0.3) is 0 Å². The minimum absolute atomic E-state index is 0.282. The number of nitrogens with zero attached hydrogens (tertiary/aromatic N) is 1. The molecule has 0 aliphatic carbocycles. The van der Waals surface area contributed by atoms with E-state index in [0.29, 0.717) is 0 Å². The Morgan fingerprint density at radius 2 is 1.62 bits per heavy atom. The van der Waals surface area contributed by atoms with E-state index in [1.165, 1.54) is 12.1 Å². The lowest BCUT2D eigenvalue weighted by molar-refractivity contribution is -0.137. The van der Waals surface area contributed by atoms with Crippen molar-refractivity contribution in [1.29, 1.82) is 0 Å². The minimum atomic E-state index is -4.29. The highest BCUT2D eigenvalue weighted by Crippen LogP contribution is 2.44. The molecular weight excluding hydrogens is 275 g/mol. The Hall–Kier alpha value is -1.97. The van der Waals surface area contributed by atoms with Crippen LogP contribution in [0.1, 0.15) is 23.6 Å². The lowest BCUT2D eigenvalue weighted by Crippen LogP contribution is -2.29. The van der Waals surface area contributed by atoms with Crippen molar-refractivity contribution >= 4 is 5.69 Å². The fourth-order valence-electron chi connectivity index (χ4n) is 3.19. The first-order chi connectivity index (χ1) is 9.82. The molecule has 0 saturated carbocycles. The molecule has 0 bridgehead atoms. The van der Waals surface area contributed by atoms with E-state index >= 15 is 0 Å². The number of fused-ring (bicyclic) bond motifs is 1. The number of likely N-dealkylation sites (N-methyl/N-ethyl adjacent to an activating group) is 1. The summed E-state index contributed by atoms with van der Waals surface area (Å²) in [7, 11) is 2.01. The van der Waals surface area contributed by atoms with Gasteiger partial charge in [-0.15, -0.1) is 0 Å². The lowest BCUT2D eigenvalue weighted by atomic mass is 9.78. The Bertz CT molecular complexity index is 660. The van der Waals surface area contributed by atoms with E-state index < -0.39 is 11.7 Å². The van der Waals surface area contributed by atoms with Crippen LogP contribution in [0.2, 0.25) is 0 Å². The second-order valence-corrected chi connectivity index (χ2v) is 5.78. The van der Waals surface area contributed by atoms with Crippen molar-refractivity contribution in [2.24, 2.45) is 0 Å². The van der Waals surface area contributed by atoms with Crippen molar-refractivity contribution in [1.82, 2.24) is 0 Å². The average molecular weight is 291 g/mol. The molecule has 0 spiro atoms. The highest BCUT2D eigenvalue weighted by atomic mass is 19.4. The summed E-state index contributed by atoms with van der Waals surface area (Å²) < 4.78 is 38.1. The first kappa shape index (κ1) is 14.0. The van der Waals surface area contributed by atoms with Crippen LogP contribution >= 0.6 is 0 Å². The Morgan fingerprint density at radius 1 is 1.00 bits per heavy atom. The van der Waals surface area contributed by atoms with Crippen LogP contribution in [0.25, 0.3) is 0 Å². The van der Waals surface area contributed by atoms with Crippen molar-refractivity contribution in [3.63, 3.8) is 0 Å². The first-order valence-electron chi connectivity index (χ1n) is 6.81.